The van der Waals surface area contributed by atoms with Gasteiger partial charge in [-0.2, -0.15) is 13.5 Å². The second kappa shape index (κ2) is 15.1. The SMILES string of the molecule is CCOC(=O)CNC(=O)[C@@]1(c2ccccc2)CC[C@H](C(=O)N2CCC(NC(=O)c3ccccc3OC)CC2)c2ccccc21.S. The Labute approximate surface area is 271 Å². The Morgan fingerprint density at radius 2 is 1.56 bits per heavy atom. The van der Waals surface area contributed by atoms with E-state index >= 15 is 0 Å². The van der Waals surface area contributed by atoms with Gasteiger partial charge in [0.1, 0.15) is 12.3 Å². The number of amides is 3. The number of hydrogen-bond acceptors (Lipinski definition) is 6. The second-order valence-electron chi connectivity index (χ2n) is 11.2. The quantitative estimate of drug-likeness (QED) is 0.345. The first kappa shape index (κ1) is 33.6. The van der Waals surface area contributed by atoms with Gasteiger partial charge in [-0.3, -0.25) is 19.2 Å². The van der Waals surface area contributed by atoms with Crippen LogP contribution in [0.2, 0.25) is 0 Å². The molecule has 45 heavy (non-hydrogen) atoms. The Hall–Kier alpha value is -4.31. The first-order valence-corrected chi connectivity index (χ1v) is 15.2. The van der Waals surface area contributed by atoms with Crippen LogP contribution in [-0.4, -0.2) is 68.0 Å². The van der Waals surface area contributed by atoms with E-state index in [4.69, 9.17) is 9.47 Å². The van der Waals surface area contributed by atoms with Crippen molar-refractivity contribution in [3.05, 3.63) is 101 Å². The van der Waals surface area contributed by atoms with E-state index in [2.05, 4.69) is 10.6 Å². The molecule has 0 radical (unpaired) electrons. The molecule has 238 valence electrons. The zero-order valence-electron chi connectivity index (χ0n) is 25.7. The lowest BCUT2D eigenvalue weighted by Crippen LogP contribution is -2.51. The summed E-state index contributed by atoms with van der Waals surface area (Å²) in [4.78, 5) is 54.9. The van der Waals surface area contributed by atoms with Crippen LogP contribution in [0.15, 0.2) is 78.9 Å². The number of esters is 1. The van der Waals surface area contributed by atoms with Gasteiger partial charge in [-0.25, -0.2) is 0 Å². The summed E-state index contributed by atoms with van der Waals surface area (Å²) in [5.41, 5.74) is 1.84. The molecule has 3 aromatic rings. The van der Waals surface area contributed by atoms with Crippen LogP contribution in [0.3, 0.4) is 0 Å². The normalized spacial score (nSPS) is 19.3. The maximum Gasteiger partial charge on any atom is 0.325 e. The summed E-state index contributed by atoms with van der Waals surface area (Å²) in [6, 6.07) is 24.3. The molecule has 0 unspecified atom stereocenters. The van der Waals surface area contributed by atoms with Crippen LogP contribution < -0.4 is 15.4 Å². The van der Waals surface area contributed by atoms with Crippen molar-refractivity contribution in [2.24, 2.45) is 0 Å². The first-order chi connectivity index (χ1) is 21.4. The molecule has 9 nitrogen and oxygen atoms in total. The van der Waals surface area contributed by atoms with Gasteiger partial charge in [-0.05, 0) is 61.4 Å². The standard InChI is InChI=1S/C35H39N3O6.H2S/c1-3-44-31(39)23-36-34(42)35(24-11-5-4-6-12-24)20-17-27(26-13-7-9-15-29(26)35)33(41)38-21-18-25(19-22-38)37-32(40)28-14-8-10-16-30(28)43-2;/h4-16,25,27H,3,17-23H2,1-2H3,(H,36,42)(H,37,40);1H2/t27-,35+;/m0./s1. The van der Waals surface area contributed by atoms with E-state index < -0.39 is 17.3 Å². The average Bonchev–Trinajstić information content (AvgIpc) is 3.07. The Bertz CT molecular complexity index is 1510. The molecule has 3 amide bonds. The number of methoxy groups -OCH3 is 1. The minimum absolute atomic E-state index is 0. The molecule has 1 aliphatic carbocycles. The Kier molecular flexibility index (Phi) is 11.3. The molecule has 3 aromatic carbocycles. The lowest BCUT2D eigenvalue weighted by molar-refractivity contribution is -0.144. The number of nitrogens with zero attached hydrogens (tertiary/aromatic N) is 1. The van der Waals surface area contributed by atoms with E-state index in [0.717, 1.165) is 16.7 Å². The van der Waals surface area contributed by atoms with Crippen molar-refractivity contribution in [1.29, 1.82) is 0 Å². The van der Waals surface area contributed by atoms with Crippen LogP contribution in [0.1, 0.15) is 65.6 Å². The number of carbonyl (C=O) groups is 4. The summed E-state index contributed by atoms with van der Waals surface area (Å²) < 4.78 is 10.4. The lowest BCUT2D eigenvalue weighted by atomic mass is 9.62. The molecule has 0 bridgehead atoms. The van der Waals surface area contributed by atoms with E-state index in [1.165, 1.54) is 0 Å². The smallest absolute Gasteiger partial charge is 0.325 e. The van der Waals surface area contributed by atoms with Gasteiger partial charge in [0.25, 0.3) is 5.91 Å². The van der Waals surface area contributed by atoms with Crippen molar-refractivity contribution < 1.29 is 28.7 Å². The lowest BCUT2D eigenvalue weighted by Gasteiger charge is -2.42. The van der Waals surface area contributed by atoms with Gasteiger partial charge < -0.3 is 25.0 Å². The molecule has 10 heteroatoms. The molecule has 1 saturated heterocycles. The monoisotopic (exact) mass is 631 g/mol. The molecule has 1 aliphatic heterocycles. The number of para-hydroxylation sites is 1. The molecular weight excluding hydrogens is 590 g/mol. The van der Waals surface area contributed by atoms with Gasteiger partial charge >= 0.3 is 5.97 Å². The molecule has 2 aliphatic rings. The van der Waals surface area contributed by atoms with Gasteiger partial charge in [-0.1, -0.05) is 66.7 Å². The first-order valence-electron chi connectivity index (χ1n) is 15.2. The molecule has 0 aromatic heterocycles. The number of piperidine rings is 1. The highest BCUT2D eigenvalue weighted by atomic mass is 32.1. The summed E-state index contributed by atoms with van der Waals surface area (Å²) in [6.45, 7) is 2.78. The number of carbonyl (C=O) groups excluding carboxylic acids is 4. The number of rotatable bonds is 9. The maximum absolute atomic E-state index is 14.0. The third-order valence-corrected chi connectivity index (χ3v) is 8.75. The van der Waals surface area contributed by atoms with E-state index in [-0.39, 0.29) is 50.4 Å². The predicted octanol–water partition coefficient (Wildman–Crippen LogP) is 4.07. The highest BCUT2D eigenvalue weighted by Crippen LogP contribution is 2.48. The van der Waals surface area contributed by atoms with Crippen LogP contribution in [0.4, 0.5) is 0 Å². The topological polar surface area (TPSA) is 114 Å². The molecule has 1 fully saturated rings. The van der Waals surface area contributed by atoms with E-state index in [1.54, 1.807) is 32.2 Å². The van der Waals surface area contributed by atoms with Crippen LogP contribution in [0.25, 0.3) is 0 Å². The van der Waals surface area contributed by atoms with Crippen LogP contribution in [0, 0.1) is 0 Å². The fourth-order valence-electron chi connectivity index (χ4n) is 6.56. The Morgan fingerprint density at radius 3 is 2.27 bits per heavy atom. The summed E-state index contributed by atoms with van der Waals surface area (Å²) in [6.07, 6.45) is 2.17. The van der Waals surface area contributed by atoms with Crippen molar-refractivity contribution >= 4 is 37.2 Å². The number of likely N-dealkylation sites (tertiary alicyclic amines) is 1. The molecular formula is C35H41N3O6S. The van der Waals surface area contributed by atoms with Gasteiger partial charge in [0.15, 0.2) is 0 Å². The van der Waals surface area contributed by atoms with E-state index in [0.29, 0.717) is 50.1 Å². The largest absolute Gasteiger partial charge is 0.496 e. The van der Waals surface area contributed by atoms with E-state index in [1.807, 2.05) is 65.6 Å². The van der Waals surface area contributed by atoms with Gasteiger partial charge in [-0.15, -0.1) is 0 Å². The number of ether oxygens (including phenoxy) is 2. The Morgan fingerprint density at radius 1 is 0.889 bits per heavy atom. The number of fused-ring (bicyclic) bond motifs is 1. The van der Waals surface area contributed by atoms with Crippen LogP contribution in [0.5, 0.6) is 5.75 Å². The zero-order chi connectivity index (χ0) is 31.1. The van der Waals surface area contributed by atoms with Gasteiger partial charge in [0.2, 0.25) is 11.8 Å². The third-order valence-electron chi connectivity index (χ3n) is 8.75. The fourth-order valence-corrected chi connectivity index (χ4v) is 6.56. The van der Waals surface area contributed by atoms with Crippen LogP contribution >= 0.6 is 13.5 Å². The molecule has 5 rings (SSSR count). The van der Waals surface area contributed by atoms with Crippen molar-refractivity contribution in [3.8, 4) is 5.75 Å². The van der Waals surface area contributed by atoms with Crippen molar-refractivity contribution in [2.45, 2.75) is 50.0 Å². The third kappa shape index (κ3) is 7.01. The molecule has 2 N–H and O–H groups in total. The number of benzene rings is 3. The summed E-state index contributed by atoms with van der Waals surface area (Å²) in [5, 5.41) is 5.91. The zero-order valence-corrected chi connectivity index (χ0v) is 26.7. The van der Waals surface area contributed by atoms with Crippen molar-refractivity contribution in [2.75, 3.05) is 33.4 Å². The minimum atomic E-state index is -1.06. The predicted molar refractivity (Wildman–Crippen MR) is 176 cm³/mol. The number of hydrogen-bond donors (Lipinski definition) is 2. The van der Waals surface area contributed by atoms with Gasteiger partial charge in [0, 0.05) is 19.1 Å². The summed E-state index contributed by atoms with van der Waals surface area (Å²) >= 11 is 0. The second-order valence-corrected chi connectivity index (χ2v) is 11.2. The fraction of sp³-hybridized carbons (Fsp3) is 0.371. The highest BCUT2D eigenvalue weighted by Gasteiger charge is 2.49. The molecule has 0 saturated carbocycles. The Balaban J connectivity index is 0.00000461. The summed E-state index contributed by atoms with van der Waals surface area (Å²) in [5.74, 6) is -0.826. The van der Waals surface area contributed by atoms with E-state index in [9.17, 15) is 19.2 Å². The van der Waals surface area contributed by atoms with Crippen LogP contribution in [-0.2, 0) is 24.5 Å². The molecule has 1 heterocycles. The average molecular weight is 632 g/mol. The summed E-state index contributed by atoms with van der Waals surface area (Å²) in [7, 11) is 1.54. The molecule has 0 spiro atoms. The minimum Gasteiger partial charge on any atom is -0.496 e. The maximum atomic E-state index is 14.0. The van der Waals surface area contributed by atoms with Crippen molar-refractivity contribution in [3.63, 3.8) is 0 Å². The molecule has 2 atom stereocenters. The van der Waals surface area contributed by atoms with Crippen molar-refractivity contribution in [1.82, 2.24) is 15.5 Å². The van der Waals surface area contributed by atoms with Gasteiger partial charge in [0.05, 0.1) is 30.6 Å². The number of nitrogens with one attached hydrogen (secondary N) is 2. The highest BCUT2D eigenvalue weighted by molar-refractivity contribution is 7.59.